The number of hydrogen-bond donors (Lipinski definition) is 0. The van der Waals surface area contributed by atoms with Gasteiger partial charge in [0.15, 0.2) is 0 Å². The van der Waals surface area contributed by atoms with Crippen molar-refractivity contribution in [2.45, 2.75) is 126 Å². The second-order valence-corrected chi connectivity index (χ2v) is 7.42. The molecule has 2 saturated carbocycles. The van der Waals surface area contributed by atoms with Crippen molar-refractivity contribution in [1.29, 1.82) is 0 Å². The first-order valence-electron chi connectivity index (χ1n) is 11.3. The minimum Gasteiger partial charge on any atom is -0.0683 e. The van der Waals surface area contributed by atoms with Gasteiger partial charge in [0.25, 0.3) is 0 Å². The smallest absolute Gasteiger partial charge is 0.0244 e. The fourth-order valence-corrected chi connectivity index (χ4v) is 5.08. The summed E-state index contributed by atoms with van der Waals surface area (Å²) in [6.45, 7) is 15.4. The molecule has 0 saturated heterocycles. The van der Waals surface area contributed by atoms with E-state index in [9.17, 15) is 0 Å². The molecule has 0 radical (unpaired) electrons. The molecule has 2 rings (SSSR count). The molecule has 2 aliphatic carbocycles. The van der Waals surface area contributed by atoms with Crippen LogP contribution in [0.4, 0.5) is 0 Å². The maximum atomic E-state index is 2.49. The van der Waals surface area contributed by atoms with Crippen molar-refractivity contribution in [2.75, 3.05) is 0 Å². The van der Waals surface area contributed by atoms with E-state index in [1.807, 2.05) is 27.7 Å². The Hall–Kier alpha value is 0. The van der Waals surface area contributed by atoms with Gasteiger partial charge in [-0.15, -0.1) is 0 Å². The molecule has 0 N–H and O–H groups in total. The average Bonchev–Trinajstić information content (AvgIpc) is 2.52. The third-order valence-electron chi connectivity index (χ3n) is 6.85. The first-order valence-corrected chi connectivity index (χ1v) is 11.3. The lowest BCUT2D eigenvalue weighted by Gasteiger charge is -2.50. The maximum Gasteiger partial charge on any atom is -0.0244 e. The van der Waals surface area contributed by atoms with Crippen LogP contribution < -0.4 is 0 Å². The highest BCUT2D eigenvalue weighted by molar-refractivity contribution is 4.94. The quantitative estimate of drug-likeness (QED) is 0.398. The van der Waals surface area contributed by atoms with E-state index in [1.165, 1.54) is 77.0 Å². The largest absolute Gasteiger partial charge is 0.0683 e. The van der Waals surface area contributed by atoms with Crippen molar-refractivity contribution in [3.05, 3.63) is 0 Å². The van der Waals surface area contributed by atoms with Crippen LogP contribution in [0.1, 0.15) is 126 Å². The van der Waals surface area contributed by atoms with Crippen LogP contribution >= 0.6 is 0 Å². The van der Waals surface area contributed by atoms with E-state index in [0.717, 1.165) is 17.8 Å². The molecule has 2 aliphatic rings. The van der Waals surface area contributed by atoms with Crippen molar-refractivity contribution in [2.24, 2.45) is 23.2 Å². The second kappa shape index (κ2) is 13.3. The zero-order valence-corrected chi connectivity index (χ0v) is 17.7. The van der Waals surface area contributed by atoms with E-state index in [4.69, 9.17) is 0 Å². The summed E-state index contributed by atoms with van der Waals surface area (Å²) in [6, 6.07) is 0. The lowest BCUT2D eigenvalue weighted by atomic mass is 9.55. The Morgan fingerprint density at radius 3 is 1.65 bits per heavy atom. The Morgan fingerprint density at radius 1 is 0.826 bits per heavy atom. The molecule has 0 aromatic rings. The highest BCUT2D eigenvalue weighted by Gasteiger charge is 2.44. The molecule has 0 bridgehead atoms. The molecule has 140 valence electrons. The molecule has 0 nitrogen and oxygen atoms in total. The summed E-state index contributed by atoms with van der Waals surface area (Å²) in [7, 11) is 0. The third kappa shape index (κ3) is 6.09. The highest BCUT2D eigenvalue weighted by Crippen LogP contribution is 2.54. The lowest BCUT2D eigenvalue weighted by molar-refractivity contribution is -0.00303. The van der Waals surface area contributed by atoms with Gasteiger partial charge in [0.2, 0.25) is 0 Å². The van der Waals surface area contributed by atoms with Gasteiger partial charge in [0, 0.05) is 0 Å². The molecule has 0 spiro atoms. The van der Waals surface area contributed by atoms with Gasteiger partial charge in [-0.1, -0.05) is 99.8 Å². The molecule has 1 unspecified atom stereocenters. The van der Waals surface area contributed by atoms with Gasteiger partial charge in [-0.2, -0.15) is 0 Å². The topological polar surface area (TPSA) is 0 Å². The van der Waals surface area contributed by atoms with Crippen LogP contribution in [0.15, 0.2) is 0 Å². The van der Waals surface area contributed by atoms with Gasteiger partial charge in [0.1, 0.15) is 0 Å². The van der Waals surface area contributed by atoms with Crippen LogP contribution in [0.2, 0.25) is 0 Å². The monoisotopic (exact) mass is 324 g/mol. The Balaban J connectivity index is 0.00000112. The third-order valence-corrected chi connectivity index (χ3v) is 6.85. The van der Waals surface area contributed by atoms with Crippen LogP contribution in [-0.4, -0.2) is 0 Å². The van der Waals surface area contributed by atoms with Gasteiger partial charge in [0.05, 0.1) is 0 Å². The molecule has 0 heteroatoms. The van der Waals surface area contributed by atoms with Crippen molar-refractivity contribution in [3.63, 3.8) is 0 Å². The van der Waals surface area contributed by atoms with Crippen molar-refractivity contribution < 1.29 is 0 Å². The Labute approximate surface area is 149 Å². The maximum absolute atomic E-state index is 2.49. The van der Waals surface area contributed by atoms with E-state index >= 15 is 0 Å². The predicted molar refractivity (Wildman–Crippen MR) is 108 cm³/mol. The first-order chi connectivity index (χ1) is 11.3. The van der Waals surface area contributed by atoms with Crippen molar-refractivity contribution in [3.8, 4) is 0 Å². The minimum absolute atomic E-state index is 0.714. The van der Waals surface area contributed by atoms with Gasteiger partial charge in [-0.05, 0) is 48.9 Å². The van der Waals surface area contributed by atoms with Crippen LogP contribution in [-0.2, 0) is 0 Å². The Morgan fingerprint density at radius 2 is 1.35 bits per heavy atom. The summed E-state index contributed by atoms with van der Waals surface area (Å²) in [6.07, 6.45) is 18.0. The second-order valence-electron chi connectivity index (χ2n) is 7.42. The van der Waals surface area contributed by atoms with Gasteiger partial charge in [-0.25, -0.2) is 0 Å². The lowest BCUT2D eigenvalue weighted by Crippen LogP contribution is -2.41. The summed E-state index contributed by atoms with van der Waals surface area (Å²) in [5.74, 6) is 3.17. The molecular weight excluding hydrogens is 276 g/mol. The highest BCUT2D eigenvalue weighted by atomic mass is 14.5. The molecule has 2 fully saturated rings. The number of rotatable bonds is 9. The number of hydrogen-bond acceptors (Lipinski definition) is 0. The van der Waals surface area contributed by atoms with Gasteiger partial charge < -0.3 is 0 Å². The molecule has 0 aliphatic heterocycles. The fourth-order valence-electron chi connectivity index (χ4n) is 5.08. The summed E-state index contributed by atoms with van der Waals surface area (Å²) in [4.78, 5) is 0. The average molecular weight is 325 g/mol. The summed E-state index contributed by atoms with van der Waals surface area (Å²) in [5, 5.41) is 0. The standard InChI is InChI=1S/C19H36.2C2H6/c1-4-17(5-2)19(6-3,18-13-8-14-18)15-9-12-16-10-7-11-16;2*1-2/h16-18H,4-15H2,1-3H3;2*1-2H3. The zero-order chi connectivity index (χ0) is 17.7. The Bertz CT molecular complexity index is 245. The van der Waals surface area contributed by atoms with E-state index in [-0.39, 0.29) is 0 Å². The molecule has 0 heterocycles. The van der Waals surface area contributed by atoms with Crippen LogP contribution in [0.25, 0.3) is 0 Å². The first kappa shape index (κ1) is 23.0. The summed E-state index contributed by atoms with van der Waals surface area (Å²) >= 11 is 0. The van der Waals surface area contributed by atoms with Crippen LogP contribution in [0.3, 0.4) is 0 Å². The van der Waals surface area contributed by atoms with Crippen molar-refractivity contribution >= 4 is 0 Å². The van der Waals surface area contributed by atoms with Gasteiger partial charge >= 0.3 is 0 Å². The minimum atomic E-state index is 0.714. The van der Waals surface area contributed by atoms with E-state index in [1.54, 1.807) is 0 Å². The van der Waals surface area contributed by atoms with Crippen LogP contribution in [0.5, 0.6) is 0 Å². The summed E-state index contributed by atoms with van der Waals surface area (Å²) < 4.78 is 0. The Kier molecular flexibility index (Phi) is 13.3. The SMILES string of the molecule is CC.CC.CCC(CC)C(CC)(CCCC1CCC1)C1CCC1. The molecular formula is C23H48. The van der Waals surface area contributed by atoms with E-state index in [0.29, 0.717) is 5.41 Å². The summed E-state index contributed by atoms with van der Waals surface area (Å²) in [5.41, 5.74) is 0.714. The zero-order valence-electron chi connectivity index (χ0n) is 17.7. The molecule has 1 atom stereocenters. The van der Waals surface area contributed by atoms with Gasteiger partial charge in [-0.3, -0.25) is 0 Å². The molecule has 0 amide bonds. The van der Waals surface area contributed by atoms with E-state index in [2.05, 4.69) is 20.8 Å². The van der Waals surface area contributed by atoms with Crippen LogP contribution in [0, 0.1) is 23.2 Å². The van der Waals surface area contributed by atoms with E-state index < -0.39 is 0 Å². The molecule has 0 aromatic carbocycles. The molecule has 23 heavy (non-hydrogen) atoms. The van der Waals surface area contributed by atoms with Crippen molar-refractivity contribution in [1.82, 2.24) is 0 Å². The molecule has 0 aromatic heterocycles. The predicted octanol–water partition coefficient (Wildman–Crippen LogP) is 8.64. The fraction of sp³-hybridized carbons (Fsp3) is 1.00. The normalized spacial score (nSPS) is 20.3.